The van der Waals surface area contributed by atoms with E-state index >= 15 is 0 Å². The summed E-state index contributed by atoms with van der Waals surface area (Å²) in [5, 5.41) is 10.2. The number of aliphatic hydroxyl groups is 1. The normalized spacial score (nSPS) is 33.9. The molecule has 0 aliphatic heterocycles. The molecule has 0 amide bonds. The second kappa shape index (κ2) is 4.99. The van der Waals surface area contributed by atoms with E-state index in [-0.39, 0.29) is 5.60 Å². The molecule has 0 saturated heterocycles. The zero-order valence-corrected chi connectivity index (χ0v) is 9.18. The lowest BCUT2D eigenvalue weighted by Gasteiger charge is -2.22. The van der Waals surface area contributed by atoms with Crippen LogP contribution < -0.4 is 0 Å². The van der Waals surface area contributed by atoms with Crippen LogP contribution in [0, 0.1) is 5.92 Å². The first-order valence-corrected chi connectivity index (χ1v) is 5.92. The first-order chi connectivity index (χ1) is 6.20. The molecule has 13 heavy (non-hydrogen) atoms. The zero-order chi connectivity index (χ0) is 9.73. The van der Waals surface area contributed by atoms with Crippen LogP contribution in [0.2, 0.25) is 0 Å². The summed E-state index contributed by atoms with van der Waals surface area (Å²) in [7, 11) is 0. The molecule has 1 rings (SSSR count). The predicted molar refractivity (Wildman–Crippen MR) is 56.7 cm³/mol. The molecule has 1 aliphatic rings. The van der Waals surface area contributed by atoms with Gasteiger partial charge in [-0.25, -0.2) is 0 Å². The van der Waals surface area contributed by atoms with Crippen LogP contribution in [0.1, 0.15) is 65.2 Å². The summed E-state index contributed by atoms with van der Waals surface area (Å²) >= 11 is 0. The van der Waals surface area contributed by atoms with E-state index in [0.29, 0.717) is 0 Å². The van der Waals surface area contributed by atoms with E-state index in [1.807, 2.05) is 0 Å². The van der Waals surface area contributed by atoms with Crippen molar-refractivity contribution in [1.29, 1.82) is 0 Å². The molecule has 0 bridgehead atoms. The van der Waals surface area contributed by atoms with Crippen molar-refractivity contribution in [3.05, 3.63) is 0 Å². The Hall–Kier alpha value is -0.0400. The van der Waals surface area contributed by atoms with Gasteiger partial charge in [-0.15, -0.1) is 0 Å². The molecule has 0 heterocycles. The second-order valence-corrected chi connectivity index (χ2v) is 4.70. The molecule has 2 atom stereocenters. The first kappa shape index (κ1) is 11.0. The van der Waals surface area contributed by atoms with E-state index in [4.69, 9.17) is 0 Å². The minimum absolute atomic E-state index is 0.282. The summed E-state index contributed by atoms with van der Waals surface area (Å²) in [5.74, 6) is 0.798. The molecule has 0 aromatic carbocycles. The van der Waals surface area contributed by atoms with Crippen LogP contribution in [0.25, 0.3) is 0 Å². The molecule has 1 fully saturated rings. The standard InChI is InChI=1S/C12H24O/c1-3-5-6-8-12(13)9-7-11(4-2)10-12/h11,13H,3-10H2,1-2H3. The van der Waals surface area contributed by atoms with Gasteiger partial charge in [0.25, 0.3) is 0 Å². The van der Waals surface area contributed by atoms with Gasteiger partial charge in [0.2, 0.25) is 0 Å². The van der Waals surface area contributed by atoms with Crippen molar-refractivity contribution in [3.8, 4) is 0 Å². The number of rotatable bonds is 5. The Labute approximate surface area is 82.5 Å². The molecule has 1 saturated carbocycles. The Bertz CT molecular complexity index is 144. The number of unbranched alkanes of at least 4 members (excludes halogenated alkanes) is 2. The van der Waals surface area contributed by atoms with E-state index < -0.39 is 0 Å². The van der Waals surface area contributed by atoms with Crippen molar-refractivity contribution < 1.29 is 5.11 Å². The fourth-order valence-corrected chi connectivity index (χ4v) is 2.49. The predicted octanol–water partition coefficient (Wildman–Crippen LogP) is 3.51. The molecule has 0 aromatic rings. The maximum atomic E-state index is 10.2. The molecule has 0 radical (unpaired) electrons. The van der Waals surface area contributed by atoms with Gasteiger partial charge in [0, 0.05) is 0 Å². The molecular weight excluding hydrogens is 160 g/mol. The molecule has 1 N–H and O–H groups in total. The maximum Gasteiger partial charge on any atom is 0.0650 e. The molecule has 2 unspecified atom stereocenters. The Morgan fingerprint density at radius 3 is 2.62 bits per heavy atom. The smallest absolute Gasteiger partial charge is 0.0650 e. The van der Waals surface area contributed by atoms with E-state index in [1.165, 1.54) is 32.1 Å². The third-order valence-corrected chi connectivity index (χ3v) is 3.51. The SMILES string of the molecule is CCCCCC1(O)CCC(CC)C1. The molecule has 1 heteroatoms. The Kier molecular flexibility index (Phi) is 4.24. The summed E-state index contributed by atoms with van der Waals surface area (Å²) in [6.45, 7) is 4.45. The minimum Gasteiger partial charge on any atom is -0.390 e. The van der Waals surface area contributed by atoms with Crippen molar-refractivity contribution in [3.63, 3.8) is 0 Å². The summed E-state index contributed by atoms with van der Waals surface area (Å²) in [5.41, 5.74) is -0.282. The van der Waals surface area contributed by atoms with E-state index in [1.54, 1.807) is 0 Å². The van der Waals surface area contributed by atoms with Crippen LogP contribution in [0.3, 0.4) is 0 Å². The first-order valence-electron chi connectivity index (χ1n) is 5.92. The highest BCUT2D eigenvalue weighted by Crippen LogP contribution is 2.39. The Morgan fingerprint density at radius 1 is 1.31 bits per heavy atom. The van der Waals surface area contributed by atoms with Gasteiger partial charge in [-0.1, -0.05) is 39.5 Å². The molecule has 0 aromatic heterocycles. The van der Waals surface area contributed by atoms with Crippen LogP contribution in [0.15, 0.2) is 0 Å². The Morgan fingerprint density at radius 2 is 2.08 bits per heavy atom. The highest BCUT2D eigenvalue weighted by Gasteiger charge is 2.35. The molecule has 1 aliphatic carbocycles. The molecule has 1 nitrogen and oxygen atoms in total. The summed E-state index contributed by atoms with van der Waals surface area (Å²) in [6.07, 6.45) is 9.39. The van der Waals surface area contributed by atoms with Crippen LogP contribution in [-0.4, -0.2) is 10.7 Å². The lowest BCUT2D eigenvalue weighted by molar-refractivity contribution is 0.0319. The molecule has 78 valence electrons. The third-order valence-electron chi connectivity index (χ3n) is 3.51. The highest BCUT2D eigenvalue weighted by atomic mass is 16.3. The van der Waals surface area contributed by atoms with E-state index in [9.17, 15) is 5.11 Å². The topological polar surface area (TPSA) is 20.2 Å². The second-order valence-electron chi connectivity index (χ2n) is 4.70. The average molecular weight is 184 g/mol. The van der Waals surface area contributed by atoms with Gasteiger partial charge >= 0.3 is 0 Å². The van der Waals surface area contributed by atoms with Gasteiger partial charge in [-0.05, 0) is 31.6 Å². The zero-order valence-electron chi connectivity index (χ0n) is 9.18. The lowest BCUT2D eigenvalue weighted by Crippen LogP contribution is -2.24. The molecular formula is C12H24O. The largest absolute Gasteiger partial charge is 0.390 e. The fraction of sp³-hybridized carbons (Fsp3) is 1.00. The van der Waals surface area contributed by atoms with Gasteiger partial charge in [-0.2, -0.15) is 0 Å². The number of hydrogen-bond donors (Lipinski definition) is 1. The van der Waals surface area contributed by atoms with Gasteiger partial charge in [0.15, 0.2) is 0 Å². The summed E-state index contributed by atoms with van der Waals surface area (Å²) < 4.78 is 0. The van der Waals surface area contributed by atoms with Crippen LogP contribution in [-0.2, 0) is 0 Å². The lowest BCUT2D eigenvalue weighted by atomic mass is 9.93. The summed E-state index contributed by atoms with van der Waals surface area (Å²) in [4.78, 5) is 0. The quantitative estimate of drug-likeness (QED) is 0.648. The van der Waals surface area contributed by atoms with Crippen molar-refractivity contribution in [2.24, 2.45) is 5.92 Å². The van der Waals surface area contributed by atoms with Crippen molar-refractivity contribution in [2.75, 3.05) is 0 Å². The fourth-order valence-electron chi connectivity index (χ4n) is 2.49. The van der Waals surface area contributed by atoms with Gasteiger partial charge in [0.1, 0.15) is 0 Å². The van der Waals surface area contributed by atoms with Crippen molar-refractivity contribution >= 4 is 0 Å². The Balaban J connectivity index is 2.23. The molecule has 0 spiro atoms. The average Bonchev–Trinajstić information content (AvgIpc) is 2.49. The van der Waals surface area contributed by atoms with E-state index in [2.05, 4.69) is 13.8 Å². The van der Waals surface area contributed by atoms with Crippen LogP contribution in [0.5, 0.6) is 0 Å². The van der Waals surface area contributed by atoms with Gasteiger partial charge in [0.05, 0.1) is 5.60 Å². The van der Waals surface area contributed by atoms with Crippen LogP contribution in [0.4, 0.5) is 0 Å². The van der Waals surface area contributed by atoms with Gasteiger partial charge in [-0.3, -0.25) is 0 Å². The number of hydrogen-bond acceptors (Lipinski definition) is 1. The highest BCUT2D eigenvalue weighted by molar-refractivity contribution is 4.88. The maximum absolute atomic E-state index is 10.2. The van der Waals surface area contributed by atoms with E-state index in [0.717, 1.165) is 25.2 Å². The van der Waals surface area contributed by atoms with Crippen molar-refractivity contribution in [1.82, 2.24) is 0 Å². The third kappa shape index (κ3) is 3.30. The minimum atomic E-state index is -0.282. The van der Waals surface area contributed by atoms with Gasteiger partial charge < -0.3 is 5.11 Å². The van der Waals surface area contributed by atoms with Crippen LogP contribution >= 0.6 is 0 Å². The van der Waals surface area contributed by atoms with Crippen molar-refractivity contribution in [2.45, 2.75) is 70.8 Å². The monoisotopic (exact) mass is 184 g/mol. The summed E-state index contributed by atoms with van der Waals surface area (Å²) in [6, 6.07) is 0.